The number of carbonyl (C=O) groups is 3. The van der Waals surface area contributed by atoms with E-state index in [0.29, 0.717) is 12.1 Å². The minimum Gasteiger partial charge on any atom is -0.344 e. The molecule has 1 unspecified atom stereocenters. The zero-order valence-electron chi connectivity index (χ0n) is 18.3. The number of nitrogens with zero attached hydrogens (tertiary/aromatic N) is 3. The van der Waals surface area contributed by atoms with E-state index in [4.69, 9.17) is 0 Å². The number of fused-ring (bicyclic) bond motifs is 1. The van der Waals surface area contributed by atoms with E-state index in [1.807, 2.05) is 69.4 Å². The highest BCUT2D eigenvalue weighted by Gasteiger charge is 2.38. The zero-order chi connectivity index (χ0) is 22.8. The quantitative estimate of drug-likeness (QED) is 0.605. The van der Waals surface area contributed by atoms with Crippen molar-refractivity contribution in [2.45, 2.75) is 33.0 Å². The summed E-state index contributed by atoms with van der Waals surface area (Å²) in [6.07, 6.45) is 0. The lowest BCUT2D eigenvalue weighted by molar-refractivity contribution is -0.140. The van der Waals surface area contributed by atoms with Gasteiger partial charge in [0.05, 0.1) is 12.2 Å². The van der Waals surface area contributed by atoms with Gasteiger partial charge in [0.25, 0.3) is 5.91 Å². The Bertz CT molecular complexity index is 1190. The van der Waals surface area contributed by atoms with Gasteiger partial charge in [0, 0.05) is 36.1 Å². The highest BCUT2D eigenvalue weighted by molar-refractivity contribution is 6.35. The lowest BCUT2D eigenvalue weighted by atomic mass is 10.1. The molecule has 1 aromatic heterocycles. The van der Waals surface area contributed by atoms with Crippen LogP contribution in [0.25, 0.3) is 0 Å². The number of hydrogen-bond donors (Lipinski definition) is 2. The number of para-hydroxylation sites is 1. The number of benzene rings is 2. The average Bonchev–Trinajstić information content (AvgIpc) is 3.19. The Labute approximate surface area is 186 Å². The van der Waals surface area contributed by atoms with Gasteiger partial charge in [-0.15, -0.1) is 0 Å². The standard InChI is InChI=1S/C24H25N5O3/c1-15-19(16(2)28(3)27-15)13-25-22(30)23(31)26-21-18-11-7-8-12-20(18)29(24(21)32)14-17-9-5-4-6-10-17/h4-12,21H,13-14H2,1-3H3,(H,25,30)(H,26,31). The Morgan fingerprint density at radius 3 is 2.38 bits per heavy atom. The molecule has 0 radical (unpaired) electrons. The van der Waals surface area contributed by atoms with Crippen molar-refractivity contribution < 1.29 is 14.4 Å². The van der Waals surface area contributed by atoms with Crippen molar-refractivity contribution in [2.24, 2.45) is 7.05 Å². The molecule has 8 nitrogen and oxygen atoms in total. The molecule has 0 bridgehead atoms. The molecular formula is C24H25N5O3. The molecule has 2 heterocycles. The van der Waals surface area contributed by atoms with Crippen molar-refractivity contribution in [3.8, 4) is 0 Å². The Hall–Kier alpha value is -3.94. The highest BCUT2D eigenvalue weighted by atomic mass is 16.2. The molecule has 0 spiro atoms. The molecule has 1 atom stereocenters. The second kappa shape index (κ2) is 8.66. The Balaban J connectivity index is 1.46. The maximum Gasteiger partial charge on any atom is 0.310 e. The predicted molar refractivity (Wildman–Crippen MR) is 119 cm³/mol. The van der Waals surface area contributed by atoms with Gasteiger partial charge < -0.3 is 15.5 Å². The first kappa shape index (κ1) is 21.3. The number of carbonyl (C=O) groups excluding carboxylic acids is 3. The van der Waals surface area contributed by atoms with E-state index in [1.54, 1.807) is 15.6 Å². The first-order valence-corrected chi connectivity index (χ1v) is 10.4. The smallest absolute Gasteiger partial charge is 0.310 e. The summed E-state index contributed by atoms with van der Waals surface area (Å²) in [6.45, 7) is 4.32. The van der Waals surface area contributed by atoms with Gasteiger partial charge in [-0.3, -0.25) is 19.1 Å². The van der Waals surface area contributed by atoms with Crippen molar-refractivity contribution in [3.05, 3.63) is 82.7 Å². The number of nitrogens with one attached hydrogen (secondary N) is 2. The first-order chi connectivity index (χ1) is 15.4. The first-order valence-electron chi connectivity index (χ1n) is 10.4. The lowest BCUT2D eigenvalue weighted by Crippen LogP contribution is -2.44. The van der Waals surface area contributed by atoms with E-state index in [0.717, 1.165) is 28.2 Å². The average molecular weight is 431 g/mol. The molecule has 164 valence electrons. The number of hydrogen-bond acceptors (Lipinski definition) is 4. The van der Waals surface area contributed by atoms with Crippen molar-refractivity contribution in [3.63, 3.8) is 0 Å². The van der Waals surface area contributed by atoms with E-state index < -0.39 is 17.9 Å². The third-order valence-corrected chi connectivity index (χ3v) is 5.80. The van der Waals surface area contributed by atoms with Gasteiger partial charge >= 0.3 is 11.8 Å². The van der Waals surface area contributed by atoms with E-state index >= 15 is 0 Å². The van der Waals surface area contributed by atoms with Crippen LogP contribution in [0.15, 0.2) is 54.6 Å². The SMILES string of the molecule is Cc1nn(C)c(C)c1CNC(=O)C(=O)NC1C(=O)N(Cc2ccccc2)c2ccccc21. The van der Waals surface area contributed by atoms with Crippen LogP contribution in [0.3, 0.4) is 0 Å². The molecule has 0 saturated carbocycles. The lowest BCUT2D eigenvalue weighted by Gasteiger charge is -2.18. The van der Waals surface area contributed by atoms with Crippen molar-refractivity contribution in [2.75, 3.05) is 4.90 Å². The van der Waals surface area contributed by atoms with Crippen LogP contribution in [0.4, 0.5) is 5.69 Å². The van der Waals surface area contributed by atoms with Gasteiger partial charge in [-0.25, -0.2) is 0 Å². The summed E-state index contributed by atoms with van der Waals surface area (Å²) >= 11 is 0. The van der Waals surface area contributed by atoms with Gasteiger partial charge in [0.15, 0.2) is 0 Å². The second-order valence-corrected chi connectivity index (χ2v) is 7.83. The zero-order valence-corrected chi connectivity index (χ0v) is 18.3. The molecule has 4 rings (SSSR count). The largest absolute Gasteiger partial charge is 0.344 e. The summed E-state index contributed by atoms with van der Waals surface area (Å²) < 4.78 is 1.73. The second-order valence-electron chi connectivity index (χ2n) is 7.83. The fourth-order valence-electron chi connectivity index (χ4n) is 3.97. The van der Waals surface area contributed by atoms with Crippen LogP contribution in [0.5, 0.6) is 0 Å². The Morgan fingerprint density at radius 2 is 1.69 bits per heavy atom. The third kappa shape index (κ3) is 3.99. The topological polar surface area (TPSA) is 96.3 Å². The van der Waals surface area contributed by atoms with E-state index in [1.165, 1.54) is 0 Å². The summed E-state index contributed by atoms with van der Waals surface area (Å²) in [7, 11) is 1.82. The van der Waals surface area contributed by atoms with Crippen LogP contribution < -0.4 is 15.5 Å². The highest BCUT2D eigenvalue weighted by Crippen LogP contribution is 2.36. The maximum atomic E-state index is 13.2. The number of rotatable bonds is 5. The molecule has 1 aliphatic rings. The molecule has 0 saturated heterocycles. The number of aryl methyl sites for hydroxylation is 2. The number of anilines is 1. The minimum absolute atomic E-state index is 0.188. The molecule has 3 amide bonds. The van der Waals surface area contributed by atoms with Gasteiger partial charge in [0.2, 0.25) is 0 Å². The molecule has 0 fully saturated rings. The molecule has 2 N–H and O–H groups in total. The van der Waals surface area contributed by atoms with Crippen molar-refractivity contribution in [1.82, 2.24) is 20.4 Å². The molecule has 2 aromatic carbocycles. The van der Waals surface area contributed by atoms with Gasteiger partial charge in [-0.05, 0) is 25.5 Å². The minimum atomic E-state index is -0.907. The van der Waals surface area contributed by atoms with Crippen LogP contribution >= 0.6 is 0 Å². The molecule has 32 heavy (non-hydrogen) atoms. The van der Waals surface area contributed by atoms with Crippen LogP contribution in [0.2, 0.25) is 0 Å². The third-order valence-electron chi connectivity index (χ3n) is 5.80. The number of amides is 3. The maximum absolute atomic E-state index is 13.2. The van der Waals surface area contributed by atoms with Crippen LogP contribution in [0.1, 0.15) is 34.1 Å². The fraction of sp³-hybridized carbons (Fsp3) is 0.250. The normalized spacial score (nSPS) is 14.9. The monoisotopic (exact) mass is 431 g/mol. The van der Waals surface area contributed by atoms with E-state index in [9.17, 15) is 14.4 Å². The summed E-state index contributed by atoms with van der Waals surface area (Å²) in [6, 6.07) is 16.0. The summed E-state index contributed by atoms with van der Waals surface area (Å²) in [5.74, 6) is -1.91. The van der Waals surface area contributed by atoms with Gasteiger partial charge in [0.1, 0.15) is 6.04 Å². The molecule has 8 heteroatoms. The molecule has 0 aliphatic carbocycles. The van der Waals surface area contributed by atoms with Gasteiger partial charge in [-0.1, -0.05) is 48.5 Å². The van der Waals surface area contributed by atoms with Gasteiger partial charge in [-0.2, -0.15) is 5.10 Å². The van der Waals surface area contributed by atoms with Crippen LogP contribution in [-0.2, 0) is 34.5 Å². The molecule has 3 aromatic rings. The predicted octanol–water partition coefficient (Wildman–Crippen LogP) is 2.06. The van der Waals surface area contributed by atoms with Crippen molar-refractivity contribution >= 4 is 23.4 Å². The van der Waals surface area contributed by atoms with E-state index in [2.05, 4.69) is 15.7 Å². The Kier molecular flexibility index (Phi) is 5.77. The van der Waals surface area contributed by atoms with Crippen molar-refractivity contribution in [1.29, 1.82) is 0 Å². The molecule has 1 aliphatic heterocycles. The van der Waals surface area contributed by atoms with Crippen LogP contribution in [-0.4, -0.2) is 27.5 Å². The summed E-state index contributed by atoms with van der Waals surface area (Å²) in [5, 5.41) is 9.55. The fourth-order valence-corrected chi connectivity index (χ4v) is 3.97. The van der Waals surface area contributed by atoms with Crippen LogP contribution in [0, 0.1) is 13.8 Å². The van der Waals surface area contributed by atoms with E-state index in [-0.39, 0.29) is 12.5 Å². The number of aromatic nitrogens is 2. The molecular weight excluding hydrogens is 406 g/mol. The summed E-state index contributed by atoms with van der Waals surface area (Å²) in [5.41, 5.74) is 4.96. The summed E-state index contributed by atoms with van der Waals surface area (Å²) in [4.78, 5) is 39.8. The Morgan fingerprint density at radius 1 is 1.00 bits per heavy atom.